The van der Waals surface area contributed by atoms with Crippen LogP contribution in [0, 0.1) is 0 Å². The highest BCUT2D eigenvalue weighted by Gasteiger charge is 2.47. The topological polar surface area (TPSA) is 175 Å². The number of allylic oxidation sites excluding steroid dienone is 13. The van der Waals surface area contributed by atoms with Gasteiger partial charge in [0.05, 0.1) is 25.4 Å². The fourth-order valence-electron chi connectivity index (χ4n) is 11.3. The van der Waals surface area contributed by atoms with Crippen molar-refractivity contribution in [3.8, 4) is 0 Å². The van der Waals surface area contributed by atoms with Crippen LogP contribution in [0.4, 0.5) is 0 Å². The number of esters is 1. The van der Waals surface area contributed by atoms with Gasteiger partial charge in [-0.1, -0.05) is 331 Å². The summed E-state index contributed by atoms with van der Waals surface area (Å²) in [5.41, 5.74) is 0. The fraction of sp³-hybridized carbons (Fsp3) is 0.792. The standard InChI is InChI=1S/C77H137NO10/c1-4-7-10-13-16-19-22-25-27-29-31-33-35-36-37-39-41-43-45-47-50-53-56-59-62-65-72(82)88-75-74(84)73(83)71(66-79)87-77(75)86-67-68(69(80)63-60-57-54-51-48-24-21-18-15-12-9-6-3)78-76(85)70(81)64-61-58-55-52-49-46-44-42-40-38-34-32-30-28-26-23-20-17-14-11-8-5-2/h7,10,16,19,25,27,31,33,36-37,41,43,60,63,68-71,73-75,77,79-81,83-84H,4-6,8-9,11-15,17-18,20-24,26,28-30,32,34-35,38-40,42,44-59,61-62,64-67H2,1-3H3,(H,78,85)/b10-7-,19-16-,27-25-,33-31-,37-36-,43-41-,63-60+. The Morgan fingerprint density at radius 3 is 1.23 bits per heavy atom. The van der Waals surface area contributed by atoms with Gasteiger partial charge in [-0.15, -0.1) is 0 Å². The van der Waals surface area contributed by atoms with Gasteiger partial charge < -0.3 is 45.1 Å². The Labute approximate surface area is 540 Å². The van der Waals surface area contributed by atoms with Crippen LogP contribution in [0.25, 0.3) is 0 Å². The molecule has 0 aromatic heterocycles. The Hall–Kier alpha value is -3.16. The minimum Gasteiger partial charge on any atom is -0.454 e. The first-order valence-corrected chi connectivity index (χ1v) is 36.9. The first-order chi connectivity index (χ1) is 43.2. The van der Waals surface area contributed by atoms with Gasteiger partial charge in [-0.2, -0.15) is 0 Å². The highest BCUT2D eigenvalue weighted by atomic mass is 16.7. The third-order valence-electron chi connectivity index (χ3n) is 17.1. The van der Waals surface area contributed by atoms with Crippen molar-refractivity contribution in [2.24, 2.45) is 0 Å². The highest BCUT2D eigenvalue weighted by molar-refractivity contribution is 5.80. The number of carbonyl (C=O) groups is 2. The molecule has 1 fully saturated rings. The van der Waals surface area contributed by atoms with Crippen LogP contribution in [-0.4, -0.2) is 99.6 Å². The number of carbonyl (C=O) groups excluding carboxylic acids is 2. The highest BCUT2D eigenvalue weighted by Crippen LogP contribution is 2.26. The first-order valence-electron chi connectivity index (χ1n) is 36.9. The van der Waals surface area contributed by atoms with E-state index in [0.29, 0.717) is 19.3 Å². The van der Waals surface area contributed by atoms with Crippen LogP contribution < -0.4 is 5.32 Å². The fourth-order valence-corrected chi connectivity index (χ4v) is 11.3. The molecule has 0 aromatic rings. The number of amides is 1. The maximum absolute atomic E-state index is 13.5. The lowest BCUT2D eigenvalue weighted by Gasteiger charge is -2.41. The zero-order valence-corrected chi connectivity index (χ0v) is 56.8. The van der Waals surface area contributed by atoms with Crippen molar-refractivity contribution in [3.63, 3.8) is 0 Å². The van der Waals surface area contributed by atoms with E-state index in [-0.39, 0.29) is 13.0 Å². The van der Waals surface area contributed by atoms with Gasteiger partial charge >= 0.3 is 5.97 Å². The Balaban J connectivity index is 2.57. The SMILES string of the molecule is CC/C=C\C/C=C\C/C=C\C/C=C\C/C=C\C/C=C\CCCCCCCCC(=O)OC1C(OCC(NC(=O)C(O)CCCCCCCCCCCCCCCCCCCCCCCC)C(O)/C=C/CCCCCCCCCCCC)OC(CO)C(O)C1O. The predicted molar refractivity (Wildman–Crippen MR) is 370 cm³/mol. The average Bonchev–Trinajstić information content (AvgIpc) is 2.54. The average molecular weight is 1240 g/mol. The van der Waals surface area contributed by atoms with Gasteiger partial charge in [0.2, 0.25) is 5.91 Å². The van der Waals surface area contributed by atoms with Gasteiger partial charge in [-0.3, -0.25) is 9.59 Å². The molecule has 1 amide bonds. The maximum Gasteiger partial charge on any atom is 0.306 e. The summed E-state index contributed by atoms with van der Waals surface area (Å²) in [6, 6.07) is -1.03. The van der Waals surface area contributed by atoms with Crippen LogP contribution in [0.15, 0.2) is 85.1 Å². The summed E-state index contributed by atoms with van der Waals surface area (Å²) in [4.78, 5) is 26.7. The molecule has 0 spiro atoms. The molecule has 1 saturated heterocycles. The summed E-state index contributed by atoms with van der Waals surface area (Å²) in [6.07, 6.45) is 74.8. The summed E-state index contributed by atoms with van der Waals surface area (Å²) in [5.74, 6) is -1.20. The van der Waals surface area contributed by atoms with Gasteiger partial charge in [-0.05, 0) is 77.0 Å². The smallest absolute Gasteiger partial charge is 0.306 e. The van der Waals surface area contributed by atoms with Gasteiger partial charge in [0.25, 0.3) is 0 Å². The van der Waals surface area contributed by atoms with Gasteiger partial charge in [0.1, 0.15) is 24.4 Å². The molecule has 0 bridgehead atoms. The number of unbranched alkanes of at least 4 members (excludes halogenated alkanes) is 37. The van der Waals surface area contributed by atoms with Crippen molar-refractivity contribution in [2.75, 3.05) is 13.2 Å². The van der Waals surface area contributed by atoms with E-state index in [1.165, 1.54) is 167 Å². The summed E-state index contributed by atoms with van der Waals surface area (Å²) >= 11 is 0. The molecule has 8 unspecified atom stereocenters. The molecule has 1 rings (SSSR count). The molecule has 1 heterocycles. The van der Waals surface area contributed by atoms with E-state index < -0.39 is 67.4 Å². The number of aliphatic hydroxyl groups excluding tert-OH is 5. The minimum absolute atomic E-state index is 0.104. The number of ether oxygens (including phenoxy) is 3. The van der Waals surface area contributed by atoms with Crippen LogP contribution >= 0.6 is 0 Å². The molecule has 11 nitrogen and oxygen atoms in total. The number of aliphatic hydroxyl groups is 5. The molecule has 0 aliphatic carbocycles. The molecule has 6 N–H and O–H groups in total. The van der Waals surface area contributed by atoms with E-state index in [0.717, 1.165) is 116 Å². The van der Waals surface area contributed by atoms with E-state index in [2.05, 4.69) is 99.0 Å². The van der Waals surface area contributed by atoms with E-state index >= 15 is 0 Å². The van der Waals surface area contributed by atoms with Gasteiger partial charge in [0.15, 0.2) is 12.4 Å². The zero-order valence-electron chi connectivity index (χ0n) is 56.8. The quantitative estimate of drug-likeness (QED) is 0.0195. The van der Waals surface area contributed by atoms with Crippen LogP contribution in [0.1, 0.15) is 329 Å². The molecule has 0 saturated carbocycles. The molecule has 510 valence electrons. The number of hydrogen-bond donors (Lipinski definition) is 6. The largest absolute Gasteiger partial charge is 0.454 e. The molecule has 11 heteroatoms. The lowest BCUT2D eigenvalue weighted by atomic mass is 9.99. The third kappa shape index (κ3) is 50.5. The van der Waals surface area contributed by atoms with Crippen molar-refractivity contribution in [1.29, 1.82) is 0 Å². The first kappa shape index (κ1) is 82.9. The maximum atomic E-state index is 13.5. The van der Waals surface area contributed by atoms with Crippen molar-refractivity contribution >= 4 is 11.9 Å². The lowest BCUT2D eigenvalue weighted by Crippen LogP contribution is -2.61. The van der Waals surface area contributed by atoms with Crippen LogP contribution in [-0.2, 0) is 23.8 Å². The van der Waals surface area contributed by atoms with Gasteiger partial charge in [-0.25, -0.2) is 0 Å². The molecular weight excluding hydrogens is 1100 g/mol. The molecular formula is C77H137NO10. The summed E-state index contributed by atoms with van der Waals surface area (Å²) in [5, 5.41) is 57.3. The molecule has 0 radical (unpaired) electrons. The second-order valence-electron chi connectivity index (χ2n) is 25.3. The van der Waals surface area contributed by atoms with E-state index in [1.54, 1.807) is 6.08 Å². The second kappa shape index (κ2) is 64.0. The van der Waals surface area contributed by atoms with E-state index in [4.69, 9.17) is 14.2 Å². The van der Waals surface area contributed by atoms with Crippen molar-refractivity contribution in [2.45, 2.75) is 378 Å². The predicted octanol–water partition coefficient (Wildman–Crippen LogP) is 19.2. The van der Waals surface area contributed by atoms with E-state index in [9.17, 15) is 35.1 Å². The van der Waals surface area contributed by atoms with Crippen LogP contribution in [0.3, 0.4) is 0 Å². The Kier molecular flexibility index (Phi) is 60.2. The van der Waals surface area contributed by atoms with Gasteiger partial charge in [0, 0.05) is 6.42 Å². The van der Waals surface area contributed by atoms with Crippen molar-refractivity contribution in [3.05, 3.63) is 85.1 Å². The number of hydrogen-bond acceptors (Lipinski definition) is 10. The van der Waals surface area contributed by atoms with Crippen molar-refractivity contribution < 1.29 is 49.3 Å². The number of nitrogens with one attached hydrogen (secondary N) is 1. The molecule has 1 aliphatic rings. The normalized spacial score (nSPS) is 18.7. The second-order valence-corrected chi connectivity index (χ2v) is 25.3. The van der Waals surface area contributed by atoms with Crippen LogP contribution in [0.5, 0.6) is 0 Å². The molecule has 0 aromatic carbocycles. The summed E-state index contributed by atoms with van der Waals surface area (Å²) in [6.45, 7) is 5.71. The Morgan fingerprint density at radius 1 is 0.455 bits per heavy atom. The molecule has 8 atom stereocenters. The molecule has 1 aliphatic heterocycles. The monoisotopic (exact) mass is 1240 g/mol. The Morgan fingerprint density at radius 2 is 0.818 bits per heavy atom. The van der Waals surface area contributed by atoms with E-state index in [1.807, 2.05) is 6.08 Å². The minimum atomic E-state index is -1.62. The molecule has 88 heavy (non-hydrogen) atoms. The summed E-state index contributed by atoms with van der Waals surface area (Å²) in [7, 11) is 0. The zero-order chi connectivity index (χ0) is 63.9. The van der Waals surface area contributed by atoms with Crippen LogP contribution in [0.2, 0.25) is 0 Å². The summed E-state index contributed by atoms with van der Waals surface area (Å²) < 4.78 is 17.7. The number of rotatable bonds is 63. The Bertz CT molecular complexity index is 1760. The van der Waals surface area contributed by atoms with Crippen molar-refractivity contribution in [1.82, 2.24) is 5.32 Å². The third-order valence-corrected chi connectivity index (χ3v) is 17.1. The lowest BCUT2D eigenvalue weighted by molar-refractivity contribution is -0.305.